The Morgan fingerprint density at radius 2 is 1.64 bits per heavy atom. The van der Waals surface area contributed by atoms with Gasteiger partial charge in [0.25, 0.3) is 0 Å². The van der Waals surface area contributed by atoms with Gasteiger partial charge in [0.05, 0.1) is 17.4 Å². The van der Waals surface area contributed by atoms with Crippen molar-refractivity contribution >= 4 is 12.1 Å². The Labute approximate surface area is 190 Å². The molecule has 0 radical (unpaired) electrons. The monoisotopic (exact) mass is 448 g/mol. The van der Waals surface area contributed by atoms with Gasteiger partial charge in [-0.15, -0.1) is 0 Å². The fourth-order valence-electron chi connectivity index (χ4n) is 4.07. The molecule has 4 N–H and O–H groups in total. The van der Waals surface area contributed by atoms with E-state index in [-0.39, 0.29) is 36.7 Å². The Hall–Kier alpha value is -3.75. The van der Waals surface area contributed by atoms with E-state index in [0.29, 0.717) is 0 Å². The molecule has 33 heavy (non-hydrogen) atoms. The van der Waals surface area contributed by atoms with Crippen LogP contribution in [0, 0.1) is 0 Å². The standard InChI is InChI=1S/C25H24N2O6/c28-22(23(29)21-13-15(24(30)31)9-11-26-21)10-12-27-25(32)33-14-20-18-7-3-1-5-16(18)17-6-2-4-8-19(17)20/h1-9,11,13,20,22-23,28-29H,10,12,14H2,(H,27,32)(H,30,31). The highest BCUT2D eigenvalue weighted by molar-refractivity contribution is 5.87. The van der Waals surface area contributed by atoms with E-state index < -0.39 is 24.3 Å². The molecular formula is C25H24N2O6. The Kier molecular flexibility index (Phi) is 6.67. The summed E-state index contributed by atoms with van der Waals surface area (Å²) in [5, 5.41) is 32.1. The molecule has 2 unspecified atom stereocenters. The molecule has 1 amide bonds. The number of benzene rings is 2. The van der Waals surface area contributed by atoms with Crippen molar-refractivity contribution in [2.45, 2.75) is 24.5 Å². The van der Waals surface area contributed by atoms with Gasteiger partial charge >= 0.3 is 12.1 Å². The van der Waals surface area contributed by atoms with Crippen LogP contribution in [0.5, 0.6) is 0 Å². The number of aliphatic hydroxyl groups excluding tert-OH is 2. The minimum absolute atomic E-state index is 0.0321. The minimum atomic E-state index is -1.38. The number of nitrogens with one attached hydrogen (secondary N) is 1. The number of carbonyl (C=O) groups excluding carboxylic acids is 1. The molecule has 4 rings (SSSR count). The molecule has 3 aromatic rings. The van der Waals surface area contributed by atoms with Gasteiger partial charge in [0.1, 0.15) is 12.7 Å². The lowest BCUT2D eigenvalue weighted by molar-refractivity contribution is 0.0111. The number of carboxylic acid groups (broad SMARTS) is 1. The fourth-order valence-corrected chi connectivity index (χ4v) is 4.07. The van der Waals surface area contributed by atoms with Gasteiger partial charge < -0.3 is 25.4 Å². The van der Waals surface area contributed by atoms with E-state index in [0.717, 1.165) is 22.3 Å². The number of ether oxygens (including phenoxy) is 1. The highest BCUT2D eigenvalue weighted by atomic mass is 16.5. The van der Waals surface area contributed by atoms with Crippen LogP contribution in [0.4, 0.5) is 4.79 Å². The molecule has 170 valence electrons. The summed E-state index contributed by atoms with van der Waals surface area (Å²) in [5.74, 6) is -1.21. The second-order valence-electron chi connectivity index (χ2n) is 7.83. The zero-order valence-electron chi connectivity index (χ0n) is 17.7. The molecule has 0 saturated heterocycles. The quantitative estimate of drug-likeness (QED) is 0.417. The molecule has 2 aromatic carbocycles. The molecule has 2 atom stereocenters. The Bertz CT molecular complexity index is 1120. The highest BCUT2D eigenvalue weighted by Crippen LogP contribution is 2.44. The fraction of sp³-hybridized carbons (Fsp3) is 0.240. The molecule has 1 aliphatic carbocycles. The molecule has 0 aliphatic heterocycles. The maximum absolute atomic E-state index is 12.2. The summed E-state index contributed by atoms with van der Waals surface area (Å²) in [4.78, 5) is 27.2. The van der Waals surface area contributed by atoms with Crippen LogP contribution < -0.4 is 5.32 Å². The third kappa shape index (κ3) is 4.87. The molecule has 8 nitrogen and oxygen atoms in total. The van der Waals surface area contributed by atoms with Gasteiger partial charge in [0, 0.05) is 18.7 Å². The number of hydrogen-bond donors (Lipinski definition) is 4. The van der Waals surface area contributed by atoms with Crippen molar-refractivity contribution in [3.8, 4) is 11.1 Å². The Morgan fingerprint density at radius 1 is 1.00 bits per heavy atom. The third-order valence-corrected chi connectivity index (χ3v) is 5.75. The molecule has 1 heterocycles. The van der Waals surface area contributed by atoms with Crippen molar-refractivity contribution in [2.24, 2.45) is 0 Å². The number of pyridine rings is 1. The van der Waals surface area contributed by atoms with Gasteiger partial charge in [-0.2, -0.15) is 0 Å². The van der Waals surface area contributed by atoms with Crippen molar-refractivity contribution in [2.75, 3.05) is 13.2 Å². The van der Waals surface area contributed by atoms with Gasteiger partial charge in [0.15, 0.2) is 0 Å². The number of aliphatic hydroxyl groups is 2. The number of nitrogens with zero attached hydrogens (tertiary/aromatic N) is 1. The van der Waals surface area contributed by atoms with E-state index in [2.05, 4.69) is 22.4 Å². The number of aromatic carboxylic acids is 1. The number of alkyl carbamates (subject to hydrolysis) is 1. The number of carbonyl (C=O) groups is 2. The van der Waals surface area contributed by atoms with Crippen molar-refractivity contribution in [1.29, 1.82) is 0 Å². The summed E-state index contributed by atoms with van der Waals surface area (Å²) in [5.41, 5.74) is 4.51. The molecular weight excluding hydrogens is 424 g/mol. The summed E-state index contributed by atoms with van der Waals surface area (Å²) >= 11 is 0. The summed E-state index contributed by atoms with van der Waals surface area (Å²) < 4.78 is 5.44. The van der Waals surface area contributed by atoms with E-state index in [1.54, 1.807) is 0 Å². The maximum atomic E-state index is 12.2. The molecule has 0 bridgehead atoms. The van der Waals surface area contributed by atoms with Crippen LogP contribution in [-0.2, 0) is 4.74 Å². The van der Waals surface area contributed by atoms with Crippen molar-refractivity contribution < 1.29 is 29.6 Å². The minimum Gasteiger partial charge on any atom is -0.478 e. The van der Waals surface area contributed by atoms with Crippen molar-refractivity contribution in [1.82, 2.24) is 10.3 Å². The number of aromatic nitrogens is 1. The van der Waals surface area contributed by atoms with Crippen LogP contribution in [0.15, 0.2) is 66.9 Å². The van der Waals surface area contributed by atoms with E-state index in [1.165, 1.54) is 18.3 Å². The van der Waals surface area contributed by atoms with Crippen LogP contribution in [0.3, 0.4) is 0 Å². The predicted molar refractivity (Wildman–Crippen MR) is 120 cm³/mol. The number of amides is 1. The lowest BCUT2D eigenvalue weighted by atomic mass is 9.98. The molecule has 0 saturated carbocycles. The smallest absolute Gasteiger partial charge is 0.407 e. The normalized spacial score (nSPS) is 14.1. The first kappa shape index (κ1) is 22.4. The van der Waals surface area contributed by atoms with E-state index in [1.807, 2.05) is 36.4 Å². The van der Waals surface area contributed by atoms with Crippen molar-refractivity contribution in [3.63, 3.8) is 0 Å². The first-order valence-corrected chi connectivity index (χ1v) is 10.6. The van der Waals surface area contributed by atoms with E-state index >= 15 is 0 Å². The van der Waals surface area contributed by atoms with Crippen LogP contribution in [-0.4, -0.2) is 51.6 Å². The average Bonchev–Trinajstić information content (AvgIpc) is 3.16. The van der Waals surface area contributed by atoms with Gasteiger partial charge in [-0.1, -0.05) is 48.5 Å². The lowest BCUT2D eigenvalue weighted by Gasteiger charge is -2.18. The lowest BCUT2D eigenvalue weighted by Crippen LogP contribution is -2.31. The molecule has 1 aromatic heterocycles. The number of hydrogen-bond acceptors (Lipinski definition) is 6. The van der Waals surface area contributed by atoms with E-state index in [9.17, 15) is 19.8 Å². The Morgan fingerprint density at radius 3 is 2.27 bits per heavy atom. The van der Waals surface area contributed by atoms with Crippen LogP contribution in [0.25, 0.3) is 11.1 Å². The number of carboxylic acids is 1. The number of fused-ring (bicyclic) bond motifs is 3. The largest absolute Gasteiger partial charge is 0.478 e. The SMILES string of the molecule is O=C(NCCC(O)C(O)c1cc(C(=O)O)ccn1)OCC1c2ccccc2-c2ccccc21. The summed E-state index contributed by atoms with van der Waals surface area (Å²) in [6.07, 6.45) is -1.96. The topological polar surface area (TPSA) is 129 Å². The van der Waals surface area contributed by atoms with Crippen LogP contribution in [0.1, 0.15) is 45.6 Å². The zero-order valence-corrected chi connectivity index (χ0v) is 17.7. The Balaban J connectivity index is 1.28. The third-order valence-electron chi connectivity index (χ3n) is 5.75. The average molecular weight is 448 g/mol. The summed E-state index contributed by atoms with van der Waals surface area (Å²) in [6.45, 7) is 0.241. The van der Waals surface area contributed by atoms with Crippen molar-refractivity contribution in [3.05, 3.63) is 89.2 Å². The van der Waals surface area contributed by atoms with Gasteiger partial charge in [-0.3, -0.25) is 4.98 Å². The predicted octanol–water partition coefficient (Wildman–Crippen LogP) is 3.10. The van der Waals surface area contributed by atoms with Gasteiger partial charge in [-0.25, -0.2) is 9.59 Å². The van der Waals surface area contributed by atoms with Gasteiger partial charge in [0.2, 0.25) is 0 Å². The van der Waals surface area contributed by atoms with Crippen LogP contribution >= 0.6 is 0 Å². The second kappa shape index (κ2) is 9.81. The summed E-state index contributed by atoms with van der Waals surface area (Å²) in [7, 11) is 0. The van der Waals surface area contributed by atoms with E-state index in [4.69, 9.17) is 9.84 Å². The highest BCUT2D eigenvalue weighted by Gasteiger charge is 2.29. The summed E-state index contributed by atoms with van der Waals surface area (Å²) in [6, 6.07) is 18.6. The zero-order chi connectivity index (χ0) is 23.4. The van der Waals surface area contributed by atoms with Gasteiger partial charge in [-0.05, 0) is 40.8 Å². The first-order valence-electron chi connectivity index (χ1n) is 10.6. The molecule has 8 heteroatoms. The molecule has 0 fully saturated rings. The second-order valence-corrected chi connectivity index (χ2v) is 7.83. The molecule has 1 aliphatic rings. The molecule has 0 spiro atoms. The van der Waals surface area contributed by atoms with Crippen LogP contribution in [0.2, 0.25) is 0 Å². The number of rotatable bonds is 8. The first-order chi connectivity index (χ1) is 16.0. The maximum Gasteiger partial charge on any atom is 0.407 e.